The van der Waals surface area contributed by atoms with Crippen LogP contribution in [0.1, 0.15) is 114 Å². The first-order valence-electron chi connectivity index (χ1n) is 13.5. The Morgan fingerprint density at radius 2 is 1.88 bits per heavy atom. The van der Waals surface area contributed by atoms with Crippen molar-refractivity contribution in [3.63, 3.8) is 0 Å². The molecule has 1 aromatic rings. The molecule has 180 valence electrons. The Morgan fingerprint density at radius 3 is 2.73 bits per heavy atom. The van der Waals surface area contributed by atoms with Crippen molar-refractivity contribution in [2.24, 2.45) is 17.3 Å². The highest BCUT2D eigenvalue weighted by Gasteiger charge is 2.54. The molecule has 0 saturated heterocycles. The first-order chi connectivity index (χ1) is 16.0. The molecule has 4 rings (SSSR count). The van der Waals surface area contributed by atoms with Gasteiger partial charge in [0.2, 0.25) is 0 Å². The van der Waals surface area contributed by atoms with Crippen LogP contribution in [-0.2, 0) is 16.0 Å². The van der Waals surface area contributed by atoms with Crippen LogP contribution in [0, 0.1) is 17.3 Å². The number of allylic oxidation sites excluding steroid dienone is 2. The zero-order chi connectivity index (χ0) is 23.3. The summed E-state index contributed by atoms with van der Waals surface area (Å²) in [5.41, 5.74) is 2.73. The smallest absolute Gasteiger partial charge is 0.311 e. The molecule has 0 N–H and O–H groups in total. The van der Waals surface area contributed by atoms with Crippen LogP contribution in [0.15, 0.2) is 30.4 Å². The minimum absolute atomic E-state index is 0.0692. The Kier molecular flexibility index (Phi) is 8.09. The molecular formula is C30H42O3. The number of aryl methyl sites for hydroxylation is 1. The van der Waals surface area contributed by atoms with Gasteiger partial charge in [0.15, 0.2) is 0 Å². The lowest BCUT2D eigenvalue weighted by atomic mass is 9.55. The Bertz CT molecular complexity index is 869. The van der Waals surface area contributed by atoms with Gasteiger partial charge in [-0.25, -0.2) is 0 Å². The van der Waals surface area contributed by atoms with Gasteiger partial charge in [-0.1, -0.05) is 51.3 Å². The normalized spacial score (nSPS) is 28.4. The third-order valence-corrected chi connectivity index (χ3v) is 8.79. The number of fused-ring (bicyclic) bond motifs is 5. The lowest BCUT2D eigenvalue weighted by Gasteiger charge is -2.48. The first-order valence-corrected chi connectivity index (χ1v) is 13.5. The van der Waals surface area contributed by atoms with E-state index in [-0.39, 0.29) is 11.4 Å². The van der Waals surface area contributed by atoms with Crippen LogP contribution < -0.4 is 4.74 Å². The number of carbonyl (C=O) groups is 2. The summed E-state index contributed by atoms with van der Waals surface area (Å²) >= 11 is 0. The van der Waals surface area contributed by atoms with E-state index in [9.17, 15) is 9.59 Å². The van der Waals surface area contributed by atoms with Crippen LogP contribution in [0.3, 0.4) is 0 Å². The second-order valence-electron chi connectivity index (χ2n) is 10.9. The molecule has 4 atom stereocenters. The molecule has 0 amide bonds. The highest BCUT2D eigenvalue weighted by Crippen LogP contribution is 2.59. The molecule has 0 spiro atoms. The molecule has 3 heteroatoms. The van der Waals surface area contributed by atoms with Gasteiger partial charge in [0, 0.05) is 18.3 Å². The highest BCUT2D eigenvalue weighted by atomic mass is 16.5. The molecule has 2 fully saturated rings. The Balaban J connectivity index is 1.24. The maximum absolute atomic E-state index is 12.5. The van der Waals surface area contributed by atoms with Crippen molar-refractivity contribution < 1.29 is 14.3 Å². The summed E-state index contributed by atoms with van der Waals surface area (Å²) in [6.07, 6.45) is 19.2. The number of carbonyl (C=O) groups excluding carboxylic acids is 2. The second-order valence-corrected chi connectivity index (χ2v) is 10.9. The van der Waals surface area contributed by atoms with E-state index < -0.39 is 0 Å². The van der Waals surface area contributed by atoms with E-state index in [2.05, 4.69) is 38.1 Å². The maximum atomic E-state index is 12.5. The van der Waals surface area contributed by atoms with Crippen LogP contribution in [0.25, 0.3) is 0 Å². The van der Waals surface area contributed by atoms with E-state index in [0.717, 1.165) is 57.8 Å². The van der Waals surface area contributed by atoms with Crippen LogP contribution in [0.4, 0.5) is 0 Å². The number of ketones is 1. The number of hydrogen-bond acceptors (Lipinski definition) is 3. The predicted octanol–water partition coefficient (Wildman–Crippen LogP) is 7.71. The minimum atomic E-state index is -0.104. The summed E-state index contributed by atoms with van der Waals surface area (Å²) in [7, 11) is 0. The van der Waals surface area contributed by atoms with Crippen molar-refractivity contribution in [1.82, 2.24) is 0 Å². The van der Waals surface area contributed by atoms with Crippen molar-refractivity contribution >= 4 is 11.8 Å². The number of benzene rings is 1. The number of hydrogen-bond donors (Lipinski definition) is 0. The number of ether oxygens (including phenoxy) is 1. The summed E-state index contributed by atoms with van der Waals surface area (Å²) in [5, 5.41) is 0. The fourth-order valence-electron chi connectivity index (χ4n) is 6.92. The van der Waals surface area contributed by atoms with Crippen molar-refractivity contribution in [1.29, 1.82) is 0 Å². The van der Waals surface area contributed by atoms with Crippen LogP contribution in [-0.4, -0.2) is 11.8 Å². The summed E-state index contributed by atoms with van der Waals surface area (Å²) in [6, 6.07) is 6.32. The zero-order valence-corrected chi connectivity index (χ0v) is 20.7. The van der Waals surface area contributed by atoms with E-state index in [4.69, 9.17) is 4.74 Å². The van der Waals surface area contributed by atoms with Crippen molar-refractivity contribution in [3.8, 4) is 5.75 Å². The van der Waals surface area contributed by atoms with Gasteiger partial charge in [0.25, 0.3) is 0 Å². The molecular weight excluding hydrogens is 408 g/mol. The van der Waals surface area contributed by atoms with Gasteiger partial charge in [-0.15, -0.1) is 0 Å². The average molecular weight is 451 g/mol. The summed E-state index contributed by atoms with van der Waals surface area (Å²) < 4.78 is 5.70. The molecule has 0 radical (unpaired) electrons. The van der Waals surface area contributed by atoms with Crippen LogP contribution >= 0.6 is 0 Å². The van der Waals surface area contributed by atoms with Gasteiger partial charge in [0.05, 0.1) is 0 Å². The molecule has 4 unspecified atom stereocenters. The Labute approximate surface area is 200 Å². The van der Waals surface area contributed by atoms with Gasteiger partial charge >= 0.3 is 5.97 Å². The number of rotatable bonds is 10. The fraction of sp³-hybridized carbons (Fsp3) is 0.667. The molecule has 33 heavy (non-hydrogen) atoms. The number of unbranched alkanes of at least 4 members (excludes halogenated alkanes) is 5. The molecule has 3 aliphatic rings. The molecule has 3 aliphatic carbocycles. The number of esters is 1. The SMILES string of the molecule is CCC=CCCCCCCCC(=O)Oc1ccc2c(c1)CCC1C2CCC2(C)C(=O)CCC12. The topological polar surface area (TPSA) is 43.4 Å². The zero-order valence-electron chi connectivity index (χ0n) is 20.7. The first kappa shape index (κ1) is 24.2. The molecule has 0 heterocycles. The van der Waals surface area contributed by atoms with Gasteiger partial charge in [-0.3, -0.25) is 9.59 Å². The van der Waals surface area contributed by atoms with Gasteiger partial charge in [-0.2, -0.15) is 0 Å². The van der Waals surface area contributed by atoms with Crippen molar-refractivity contribution in [2.45, 2.75) is 110 Å². The summed E-state index contributed by atoms with van der Waals surface area (Å²) in [6.45, 7) is 4.40. The second kappa shape index (κ2) is 11.0. The Hall–Kier alpha value is -1.90. The molecule has 0 bridgehead atoms. The highest BCUT2D eigenvalue weighted by molar-refractivity contribution is 5.87. The van der Waals surface area contributed by atoms with E-state index in [0.29, 0.717) is 35.7 Å². The van der Waals surface area contributed by atoms with E-state index in [1.165, 1.54) is 36.8 Å². The predicted molar refractivity (Wildman–Crippen MR) is 133 cm³/mol. The van der Waals surface area contributed by atoms with Crippen LogP contribution in [0.5, 0.6) is 5.75 Å². The van der Waals surface area contributed by atoms with Gasteiger partial charge in [0.1, 0.15) is 11.5 Å². The monoisotopic (exact) mass is 450 g/mol. The quantitative estimate of drug-likeness (QED) is 0.159. The molecule has 0 aliphatic heterocycles. The Morgan fingerprint density at radius 1 is 1.06 bits per heavy atom. The van der Waals surface area contributed by atoms with E-state index in [1.807, 2.05) is 6.07 Å². The van der Waals surface area contributed by atoms with Gasteiger partial charge < -0.3 is 4.74 Å². The van der Waals surface area contributed by atoms with E-state index >= 15 is 0 Å². The maximum Gasteiger partial charge on any atom is 0.311 e. The third-order valence-electron chi connectivity index (χ3n) is 8.79. The minimum Gasteiger partial charge on any atom is -0.427 e. The van der Waals surface area contributed by atoms with Crippen LogP contribution in [0.2, 0.25) is 0 Å². The standard InChI is InChI=1S/C30H42O3/c1-3-4-5-6-7-8-9-10-11-12-29(32)33-23-14-16-24-22(21-23)13-15-26-25(24)19-20-30(2)27(26)17-18-28(30)31/h4-5,14,16,21,25-27H,3,6-13,15,17-20H2,1-2H3. The molecule has 3 nitrogen and oxygen atoms in total. The lowest BCUT2D eigenvalue weighted by molar-refractivity contribution is -0.134. The average Bonchev–Trinajstić information content (AvgIpc) is 3.12. The van der Waals surface area contributed by atoms with Crippen molar-refractivity contribution in [3.05, 3.63) is 41.5 Å². The third kappa shape index (κ3) is 5.44. The summed E-state index contributed by atoms with van der Waals surface area (Å²) in [5.74, 6) is 2.87. The number of Topliss-reactive ketones (excluding diaryl/α,β-unsaturated/α-hetero) is 1. The molecule has 0 aromatic heterocycles. The lowest BCUT2D eigenvalue weighted by Crippen LogP contribution is -2.42. The molecule has 2 saturated carbocycles. The van der Waals surface area contributed by atoms with Gasteiger partial charge in [-0.05, 0) is 98.8 Å². The fourth-order valence-corrected chi connectivity index (χ4v) is 6.92. The largest absolute Gasteiger partial charge is 0.427 e. The van der Waals surface area contributed by atoms with Crippen molar-refractivity contribution in [2.75, 3.05) is 0 Å². The molecule has 1 aromatic carbocycles. The van der Waals surface area contributed by atoms with E-state index in [1.54, 1.807) is 0 Å². The summed E-state index contributed by atoms with van der Waals surface area (Å²) in [4.78, 5) is 24.9.